The van der Waals surface area contributed by atoms with E-state index in [-0.39, 0.29) is 0 Å². The molecule has 0 bridgehead atoms. The van der Waals surface area contributed by atoms with E-state index in [1.165, 1.54) is 38.8 Å². The second-order valence-corrected chi connectivity index (χ2v) is 7.96. The van der Waals surface area contributed by atoms with Crippen LogP contribution in [0.5, 0.6) is 0 Å². The molecular formula is C17H36N2. The fourth-order valence-electron chi connectivity index (χ4n) is 3.17. The normalized spacial score (nSPS) is 18.2. The lowest BCUT2D eigenvalue weighted by molar-refractivity contribution is 0.113. The second kappa shape index (κ2) is 7.64. The minimum atomic E-state index is 0.363. The Balaban J connectivity index is 2.54. The molecule has 1 fully saturated rings. The third-order valence-electron chi connectivity index (χ3n) is 4.06. The molecule has 2 nitrogen and oxygen atoms in total. The first-order valence-corrected chi connectivity index (χ1v) is 8.27. The molecule has 0 aliphatic heterocycles. The average Bonchev–Trinajstić information content (AvgIpc) is 2.78. The van der Waals surface area contributed by atoms with Gasteiger partial charge in [-0.05, 0) is 24.2 Å². The van der Waals surface area contributed by atoms with Crippen molar-refractivity contribution < 1.29 is 0 Å². The molecule has 1 N–H and O–H groups in total. The van der Waals surface area contributed by atoms with Crippen molar-refractivity contribution in [1.29, 1.82) is 0 Å². The van der Waals surface area contributed by atoms with Gasteiger partial charge in [-0.25, -0.2) is 0 Å². The summed E-state index contributed by atoms with van der Waals surface area (Å²) in [5, 5.41) is 3.61. The number of nitrogens with zero attached hydrogens (tertiary/aromatic N) is 1. The molecule has 0 aromatic rings. The van der Waals surface area contributed by atoms with Gasteiger partial charge in [-0.15, -0.1) is 0 Å². The molecule has 0 heterocycles. The summed E-state index contributed by atoms with van der Waals surface area (Å²) in [5.41, 5.74) is 0.363. The standard InChI is InChI=1S/C17H36N2/c1-14(2)11-19(16-9-7-8-10-16)13-17(5,6)12-18-15(3)4/h14-16,18H,7-13H2,1-6H3. The van der Waals surface area contributed by atoms with Gasteiger partial charge in [-0.1, -0.05) is 54.4 Å². The number of nitrogens with one attached hydrogen (secondary N) is 1. The molecule has 1 saturated carbocycles. The van der Waals surface area contributed by atoms with Crippen LogP contribution in [0.3, 0.4) is 0 Å². The van der Waals surface area contributed by atoms with Crippen molar-refractivity contribution in [3.05, 3.63) is 0 Å². The topological polar surface area (TPSA) is 15.3 Å². The zero-order valence-corrected chi connectivity index (χ0v) is 14.1. The Kier molecular flexibility index (Phi) is 6.82. The lowest BCUT2D eigenvalue weighted by Crippen LogP contribution is -2.46. The Hall–Kier alpha value is -0.0800. The van der Waals surface area contributed by atoms with Gasteiger partial charge in [0.2, 0.25) is 0 Å². The third kappa shape index (κ3) is 6.76. The Bertz CT molecular complexity index is 240. The van der Waals surface area contributed by atoms with Crippen molar-refractivity contribution in [2.24, 2.45) is 11.3 Å². The molecule has 0 atom stereocenters. The molecule has 114 valence electrons. The predicted molar refractivity (Wildman–Crippen MR) is 85.6 cm³/mol. The Labute approximate surface area is 121 Å². The molecule has 1 aliphatic carbocycles. The Morgan fingerprint density at radius 3 is 2.16 bits per heavy atom. The number of hydrogen-bond donors (Lipinski definition) is 1. The van der Waals surface area contributed by atoms with E-state index >= 15 is 0 Å². The van der Waals surface area contributed by atoms with Crippen molar-refractivity contribution in [3.8, 4) is 0 Å². The predicted octanol–water partition coefficient (Wildman–Crippen LogP) is 3.91. The fourth-order valence-corrected chi connectivity index (χ4v) is 3.17. The highest BCUT2D eigenvalue weighted by molar-refractivity contribution is 4.84. The number of rotatable bonds is 8. The van der Waals surface area contributed by atoms with Crippen molar-refractivity contribution in [1.82, 2.24) is 10.2 Å². The summed E-state index contributed by atoms with van der Waals surface area (Å²) >= 11 is 0. The summed E-state index contributed by atoms with van der Waals surface area (Å²) in [5.74, 6) is 0.773. The van der Waals surface area contributed by atoms with Crippen LogP contribution in [0.25, 0.3) is 0 Å². The maximum atomic E-state index is 3.61. The zero-order chi connectivity index (χ0) is 14.5. The molecule has 19 heavy (non-hydrogen) atoms. The number of hydrogen-bond acceptors (Lipinski definition) is 2. The minimum Gasteiger partial charge on any atom is -0.314 e. The average molecular weight is 268 g/mol. The molecular weight excluding hydrogens is 232 g/mol. The van der Waals surface area contributed by atoms with Crippen LogP contribution in [-0.4, -0.2) is 36.6 Å². The molecule has 0 radical (unpaired) electrons. The van der Waals surface area contributed by atoms with Gasteiger partial charge in [-0.2, -0.15) is 0 Å². The zero-order valence-electron chi connectivity index (χ0n) is 14.1. The van der Waals surface area contributed by atoms with Crippen molar-refractivity contribution in [3.63, 3.8) is 0 Å². The van der Waals surface area contributed by atoms with Gasteiger partial charge >= 0.3 is 0 Å². The van der Waals surface area contributed by atoms with Gasteiger partial charge in [0.05, 0.1) is 0 Å². The first-order valence-electron chi connectivity index (χ1n) is 8.27. The van der Waals surface area contributed by atoms with E-state index in [9.17, 15) is 0 Å². The minimum absolute atomic E-state index is 0.363. The van der Waals surface area contributed by atoms with Gasteiger partial charge in [0.1, 0.15) is 0 Å². The van der Waals surface area contributed by atoms with Crippen LogP contribution in [0.15, 0.2) is 0 Å². The van der Waals surface area contributed by atoms with E-state index in [1.54, 1.807) is 0 Å². The van der Waals surface area contributed by atoms with E-state index in [0.29, 0.717) is 11.5 Å². The summed E-state index contributed by atoms with van der Waals surface area (Å²) in [4.78, 5) is 2.78. The molecule has 1 aliphatic rings. The van der Waals surface area contributed by atoms with E-state index in [0.717, 1.165) is 18.5 Å². The first-order chi connectivity index (χ1) is 8.80. The summed E-state index contributed by atoms with van der Waals surface area (Å²) in [6.07, 6.45) is 5.70. The SMILES string of the molecule is CC(C)CN(CC(C)(C)CNC(C)C)C1CCCC1. The van der Waals surface area contributed by atoms with E-state index in [2.05, 4.69) is 51.8 Å². The molecule has 2 heteroatoms. The van der Waals surface area contributed by atoms with Crippen LogP contribution in [0.4, 0.5) is 0 Å². The van der Waals surface area contributed by atoms with Crippen LogP contribution >= 0.6 is 0 Å². The maximum Gasteiger partial charge on any atom is 0.00956 e. The quantitative estimate of drug-likeness (QED) is 0.718. The summed E-state index contributed by atoms with van der Waals surface area (Å²) < 4.78 is 0. The molecule has 0 aromatic carbocycles. The lowest BCUT2D eigenvalue weighted by atomic mass is 9.91. The smallest absolute Gasteiger partial charge is 0.00956 e. The molecule has 0 amide bonds. The van der Waals surface area contributed by atoms with Gasteiger partial charge < -0.3 is 5.32 Å². The second-order valence-electron chi connectivity index (χ2n) is 7.96. The Morgan fingerprint density at radius 2 is 1.68 bits per heavy atom. The van der Waals surface area contributed by atoms with Crippen LogP contribution in [0.1, 0.15) is 67.2 Å². The summed E-state index contributed by atoms with van der Waals surface area (Å²) in [6.45, 7) is 17.6. The molecule has 0 aromatic heterocycles. The van der Waals surface area contributed by atoms with Crippen molar-refractivity contribution in [2.45, 2.75) is 79.3 Å². The van der Waals surface area contributed by atoms with E-state index in [1.807, 2.05) is 0 Å². The first kappa shape index (κ1) is 17.0. The van der Waals surface area contributed by atoms with E-state index in [4.69, 9.17) is 0 Å². The highest BCUT2D eigenvalue weighted by Crippen LogP contribution is 2.27. The van der Waals surface area contributed by atoms with Gasteiger partial charge in [-0.3, -0.25) is 4.90 Å². The highest BCUT2D eigenvalue weighted by atomic mass is 15.2. The summed E-state index contributed by atoms with van der Waals surface area (Å²) in [7, 11) is 0. The largest absolute Gasteiger partial charge is 0.314 e. The van der Waals surface area contributed by atoms with Crippen molar-refractivity contribution in [2.75, 3.05) is 19.6 Å². The lowest BCUT2D eigenvalue weighted by Gasteiger charge is -2.38. The monoisotopic (exact) mass is 268 g/mol. The summed E-state index contributed by atoms with van der Waals surface area (Å²) in [6, 6.07) is 1.44. The van der Waals surface area contributed by atoms with Gasteiger partial charge in [0, 0.05) is 31.7 Å². The van der Waals surface area contributed by atoms with Gasteiger partial charge in [0.15, 0.2) is 0 Å². The highest BCUT2D eigenvalue weighted by Gasteiger charge is 2.28. The maximum absolute atomic E-state index is 3.61. The van der Waals surface area contributed by atoms with Crippen LogP contribution < -0.4 is 5.32 Å². The fraction of sp³-hybridized carbons (Fsp3) is 1.00. The van der Waals surface area contributed by atoms with Crippen molar-refractivity contribution >= 4 is 0 Å². The van der Waals surface area contributed by atoms with Gasteiger partial charge in [0.25, 0.3) is 0 Å². The third-order valence-corrected chi connectivity index (χ3v) is 4.06. The molecule has 1 rings (SSSR count). The Morgan fingerprint density at radius 1 is 1.11 bits per heavy atom. The van der Waals surface area contributed by atoms with Crippen LogP contribution in [0, 0.1) is 11.3 Å². The van der Waals surface area contributed by atoms with Crippen LogP contribution in [0.2, 0.25) is 0 Å². The molecule has 0 unspecified atom stereocenters. The van der Waals surface area contributed by atoms with Crippen LogP contribution in [-0.2, 0) is 0 Å². The molecule has 0 saturated heterocycles. The molecule has 0 spiro atoms. The van der Waals surface area contributed by atoms with E-state index < -0.39 is 0 Å².